The molecule has 1 N–H and O–H groups in total. The van der Waals surface area contributed by atoms with Crippen molar-refractivity contribution < 1.29 is 9.59 Å². The van der Waals surface area contributed by atoms with Gasteiger partial charge >= 0.3 is 0 Å². The van der Waals surface area contributed by atoms with Crippen molar-refractivity contribution >= 4 is 28.4 Å². The summed E-state index contributed by atoms with van der Waals surface area (Å²) in [5, 5.41) is 4.04. The number of para-hydroxylation sites is 1. The normalized spacial score (nSPS) is 15.3. The molecule has 0 radical (unpaired) electrons. The molecule has 5 rings (SSSR count). The number of nitrogens with zero attached hydrogens (tertiary/aromatic N) is 2. The number of fused-ring (bicyclic) bond motifs is 2. The first-order valence-corrected chi connectivity index (χ1v) is 10.8. The molecule has 0 saturated heterocycles. The Morgan fingerprint density at radius 2 is 1.62 bits per heavy atom. The lowest BCUT2D eigenvalue weighted by Gasteiger charge is -2.26. The number of aromatic nitrogens is 1. The summed E-state index contributed by atoms with van der Waals surface area (Å²) < 4.78 is 2.15. The Hall–Kier alpha value is -3.86. The third kappa shape index (κ3) is 3.17. The number of aryl methyl sites for hydroxylation is 2. The number of carbonyl (C=O) groups is 2. The molecular weight excluding hydrogens is 398 g/mol. The molecule has 0 unspecified atom stereocenters. The average molecular weight is 424 g/mol. The van der Waals surface area contributed by atoms with Gasteiger partial charge in [-0.25, -0.2) is 0 Å². The number of anilines is 1. The highest BCUT2D eigenvalue weighted by atomic mass is 16.2. The first-order valence-electron chi connectivity index (χ1n) is 10.8. The summed E-state index contributed by atoms with van der Waals surface area (Å²) in [6, 6.07) is 23.2. The maximum absolute atomic E-state index is 13.4. The van der Waals surface area contributed by atoms with Crippen molar-refractivity contribution in [2.75, 3.05) is 11.9 Å². The fourth-order valence-electron chi connectivity index (χ4n) is 4.73. The number of hydrogen-bond acceptors (Lipinski definition) is 2. The van der Waals surface area contributed by atoms with E-state index in [4.69, 9.17) is 0 Å². The van der Waals surface area contributed by atoms with Crippen molar-refractivity contribution in [2.45, 2.75) is 19.9 Å². The largest absolute Gasteiger partial charge is 0.348 e. The maximum atomic E-state index is 13.4. The predicted octanol–water partition coefficient (Wildman–Crippen LogP) is 4.98. The smallest absolute Gasteiger partial charge is 0.255 e. The number of nitrogens with one attached hydrogen (secondary N) is 1. The standard InChI is InChI=1S/C27H25N3O2/c1-17-12-14-19(15-13-17)28-24(31)16-30-26(20-8-4-5-9-21(20)27(30)32)25-18(2)29(3)23-11-7-6-10-22(23)25/h4-15,26H,16H2,1-3H3,(H,28,31)/t26-/m1/s1. The minimum atomic E-state index is -0.312. The lowest BCUT2D eigenvalue weighted by atomic mass is 9.95. The Bertz CT molecular complexity index is 1350. The Balaban J connectivity index is 1.56. The molecule has 0 spiro atoms. The number of rotatable bonds is 4. The summed E-state index contributed by atoms with van der Waals surface area (Å²) in [5.41, 5.74) is 6.73. The molecule has 5 nitrogen and oxygen atoms in total. The van der Waals surface area contributed by atoms with Crippen LogP contribution in [0.25, 0.3) is 10.9 Å². The second-order valence-electron chi connectivity index (χ2n) is 8.41. The zero-order valence-electron chi connectivity index (χ0n) is 18.4. The molecule has 5 heteroatoms. The van der Waals surface area contributed by atoms with E-state index in [9.17, 15) is 9.59 Å². The minimum Gasteiger partial charge on any atom is -0.348 e. The molecule has 1 aromatic heterocycles. The monoisotopic (exact) mass is 423 g/mol. The van der Waals surface area contributed by atoms with Crippen molar-refractivity contribution in [2.24, 2.45) is 7.05 Å². The van der Waals surface area contributed by atoms with Gasteiger partial charge in [-0.3, -0.25) is 9.59 Å². The van der Waals surface area contributed by atoms with Crippen molar-refractivity contribution in [1.82, 2.24) is 9.47 Å². The van der Waals surface area contributed by atoms with Gasteiger partial charge in [0.15, 0.2) is 0 Å². The molecule has 0 saturated carbocycles. The molecule has 1 aliphatic heterocycles. The van der Waals surface area contributed by atoms with Crippen LogP contribution in [-0.4, -0.2) is 27.8 Å². The van der Waals surface area contributed by atoms with E-state index in [1.165, 1.54) is 0 Å². The van der Waals surface area contributed by atoms with Crippen LogP contribution in [-0.2, 0) is 11.8 Å². The van der Waals surface area contributed by atoms with Crippen LogP contribution in [0.5, 0.6) is 0 Å². The van der Waals surface area contributed by atoms with Crippen LogP contribution in [0, 0.1) is 13.8 Å². The molecule has 1 aliphatic rings. The second-order valence-corrected chi connectivity index (χ2v) is 8.41. The van der Waals surface area contributed by atoms with Gasteiger partial charge in [0.05, 0.1) is 6.04 Å². The number of amides is 2. The van der Waals surface area contributed by atoms with E-state index >= 15 is 0 Å². The fraction of sp³-hybridized carbons (Fsp3) is 0.185. The van der Waals surface area contributed by atoms with Crippen LogP contribution in [0.2, 0.25) is 0 Å². The van der Waals surface area contributed by atoms with E-state index < -0.39 is 0 Å². The van der Waals surface area contributed by atoms with Gasteiger partial charge < -0.3 is 14.8 Å². The Kier molecular flexibility index (Phi) is 4.82. The molecule has 3 aromatic carbocycles. The highest BCUT2D eigenvalue weighted by molar-refractivity contribution is 6.04. The SMILES string of the molecule is Cc1ccc(NC(=O)CN2C(=O)c3ccccc3[C@@H]2c2c(C)n(C)c3ccccc23)cc1. The Labute approximate surface area is 187 Å². The van der Waals surface area contributed by atoms with Crippen LogP contribution >= 0.6 is 0 Å². The Morgan fingerprint density at radius 1 is 0.938 bits per heavy atom. The second kappa shape index (κ2) is 7.68. The van der Waals surface area contributed by atoms with Gasteiger partial charge in [-0.2, -0.15) is 0 Å². The van der Waals surface area contributed by atoms with Crippen molar-refractivity contribution in [3.63, 3.8) is 0 Å². The van der Waals surface area contributed by atoms with Gasteiger partial charge in [-0.15, -0.1) is 0 Å². The number of benzene rings is 3. The van der Waals surface area contributed by atoms with Gasteiger partial charge in [-0.05, 0) is 43.7 Å². The van der Waals surface area contributed by atoms with Crippen molar-refractivity contribution in [3.8, 4) is 0 Å². The summed E-state index contributed by atoms with van der Waals surface area (Å²) in [5.74, 6) is -0.324. The van der Waals surface area contributed by atoms with Crippen LogP contribution in [0.3, 0.4) is 0 Å². The van der Waals surface area contributed by atoms with E-state index in [0.29, 0.717) is 5.56 Å². The van der Waals surface area contributed by atoms with E-state index in [1.807, 2.05) is 74.6 Å². The third-order valence-electron chi connectivity index (χ3n) is 6.43. The quantitative estimate of drug-likeness (QED) is 0.503. The van der Waals surface area contributed by atoms with Crippen molar-refractivity contribution in [3.05, 3.63) is 101 Å². The first-order chi connectivity index (χ1) is 15.5. The van der Waals surface area contributed by atoms with Crippen LogP contribution < -0.4 is 5.32 Å². The van der Waals surface area contributed by atoms with Gasteiger partial charge in [0.25, 0.3) is 5.91 Å². The summed E-state index contributed by atoms with van der Waals surface area (Å²) >= 11 is 0. The molecule has 4 aromatic rings. The zero-order valence-corrected chi connectivity index (χ0v) is 18.4. The number of hydrogen-bond donors (Lipinski definition) is 1. The number of carbonyl (C=O) groups excluding carboxylic acids is 2. The minimum absolute atomic E-state index is 0.0191. The maximum Gasteiger partial charge on any atom is 0.255 e. The molecule has 32 heavy (non-hydrogen) atoms. The highest BCUT2D eigenvalue weighted by Gasteiger charge is 2.40. The molecule has 2 heterocycles. The van der Waals surface area contributed by atoms with E-state index in [1.54, 1.807) is 4.90 Å². The third-order valence-corrected chi connectivity index (χ3v) is 6.43. The van der Waals surface area contributed by atoms with Crippen molar-refractivity contribution in [1.29, 1.82) is 0 Å². The molecule has 1 atom stereocenters. The average Bonchev–Trinajstić information content (AvgIpc) is 3.21. The summed E-state index contributed by atoms with van der Waals surface area (Å²) in [4.78, 5) is 28.1. The molecule has 2 amide bonds. The zero-order chi connectivity index (χ0) is 22.4. The lowest BCUT2D eigenvalue weighted by molar-refractivity contribution is -0.117. The molecule has 0 fully saturated rings. The van der Waals surface area contributed by atoms with Gasteiger partial charge in [0.1, 0.15) is 6.54 Å². The molecule has 0 bridgehead atoms. The Morgan fingerprint density at radius 3 is 2.41 bits per heavy atom. The van der Waals surface area contributed by atoms with Crippen LogP contribution in [0.15, 0.2) is 72.8 Å². The lowest BCUT2D eigenvalue weighted by Crippen LogP contribution is -2.36. The summed E-state index contributed by atoms with van der Waals surface area (Å²) in [7, 11) is 2.04. The summed E-state index contributed by atoms with van der Waals surface area (Å²) in [6.45, 7) is 4.06. The molecular formula is C27H25N3O2. The van der Waals surface area contributed by atoms with E-state index in [2.05, 4.69) is 28.9 Å². The first kappa shape index (κ1) is 20.1. The van der Waals surface area contributed by atoms with Crippen LogP contribution in [0.1, 0.15) is 38.8 Å². The predicted molar refractivity (Wildman–Crippen MR) is 127 cm³/mol. The van der Waals surface area contributed by atoms with E-state index in [-0.39, 0.29) is 24.4 Å². The summed E-state index contributed by atoms with van der Waals surface area (Å²) in [6.07, 6.45) is 0. The topological polar surface area (TPSA) is 54.3 Å². The molecule has 0 aliphatic carbocycles. The van der Waals surface area contributed by atoms with Crippen LogP contribution in [0.4, 0.5) is 5.69 Å². The van der Waals surface area contributed by atoms with Gasteiger partial charge in [-0.1, -0.05) is 54.1 Å². The molecule has 160 valence electrons. The van der Waals surface area contributed by atoms with Gasteiger partial charge in [0.2, 0.25) is 5.91 Å². The highest BCUT2D eigenvalue weighted by Crippen LogP contribution is 2.43. The fourth-order valence-corrected chi connectivity index (χ4v) is 4.73. The van der Waals surface area contributed by atoms with Gasteiger partial charge in [0, 0.05) is 40.5 Å². The van der Waals surface area contributed by atoms with E-state index in [0.717, 1.165) is 39.0 Å².